The fourth-order valence-electron chi connectivity index (χ4n) is 5.07. The van der Waals surface area contributed by atoms with Crippen molar-refractivity contribution in [3.63, 3.8) is 0 Å². The zero-order valence-corrected chi connectivity index (χ0v) is 27.7. The molecular formula is C32H45ClN2O5Si. The molecule has 1 aliphatic rings. The van der Waals surface area contributed by atoms with Gasteiger partial charge in [-0.05, 0) is 95.1 Å². The number of ether oxygens (including phenoxy) is 2. The molecule has 0 spiro atoms. The summed E-state index contributed by atoms with van der Waals surface area (Å²) in [4.78, 5) is 27.1. The quantitative estimate of drug-likeness (QED) is 0.226. The minimum atomic E-state index is -1.87. The first kappa shape index (κ1) is 32.9. The second kappa shape index (κ2) is 12.7. The Labute approximate surface area is 250 Å². The second-order valence-corrected chi connectivity index (χ2v) is 18.8. The van der Waals surface area contributed by atoms with Crippen molar-refractivity contribution in [3.05, 3.63) is 51.4 Å². The van der Waals surface area contributed by atoms with Crippen molar-refractivity contribution in [2.45, 2.75) is 110 Å². The van der Waals surface area contributed by atoms with E-state index in [-0.39, 0.29) is 22.6 Å². The molecule has 0 bridgehead atoms. The molecule has 0 N–H and O–H groups in total. The lowest BCUT2D eigenvalue weighted by Gasteiger charge is -2.41. The molecule has 0 amide bonds. The van der Waals surface area contributed by atoms with Crippen LogP contribution in [0, 0.1) is 17.2 Å². The van der Waals surface area contributed by atoms with Gasteiger partial charge in [-0.1, -0.05) is 32.4 Å². The Hall–Kier alpha value is -2.60. The lowest BCUT2D eigenvalue weighted by Crippen LogP contribution is -2.44. The molecular weight excluding hydrogens is 556 g/mol. The zero-order chi connectivity index (χ0) is 30.8. The number of methoxy groups -OCH3 is 1. The van der Waals surface area contributed by atoms with Gasteiger partial charge in [0.15, 0.2) is 8.32 Å². The summed E-state index contributed by atoms with van der Waals surface area (Å²) in [5, 5.41) is 10.2. The van der Waals surface area contributed by atoms with Gasteiger partial charge in [0, 0.05) is 28.3 Å². The average molecular weight is 601 g/mol. The molecule has 7 nitrogen and oxygen atoms in total. The number of pyridine rings is 1. The Bertz CT molecular complexity index is 1340. The maximum absolute atomic E-state index is 13.6. The van der Waals surface area contributed by atoms with Crippen LogP contribution >= 0.6 is 11.6 Å². The van der Waals surface area contributed by atoms with Gasteiger partial charge in [-0.15, -0.1) is 0 Å². The molecule has 2 aromatic rings. The van der Waals surface area contributed by atoms with Crippen LogP contribution in [0.15, 0.2) is 35.3 Å². The Morgan fingerprint density at radius 3 is 2.27 bits per heavy atom. The summed E-state index contributed by atoms with van der Waals surface area (Å²) < 4.78 is 19.6. The summed E-state index contributed by atoms with van der Waals surface area (Å²) in [6, 6.07) is 7.61. The minimum Gasteiger partial charge on any atom is -0.495 e. The van der Waals surface area contributed by atoms with Crippen LogP contribution in [0.25, 0.3) is 11.1 Å². The van der Waals surface area contributed by atoms with E-state index in [0.717, 1.165) is 25.7 Å². The van der Waals surface area contributed by atoms with Crippen LogP contribution < -0.4 is 10.3 Å². The van der Waals surface area contributed by atoms with Crippen LogP contribution in [0.2, 0.25) is 23.2 Å². The van der Waals surface area contributed by atoms with Crippen LogP contribution in [0.3, 0.4) is 0 Å². The number of benzene rings is 1. The molecule has 3 rings (SSSR count). The van der Waals surface area contributed by atoms with E-state index in [2.05, 4.69) is 39.9 Å². The number of esters is 1. The summed E-state index contributed by atoms with van der Waals surface area (Å²) in [7, 11) is -0.371. The number of carbonyl (C=O) groups excluding carboxylic acids is 1. The molecule has 1 aromatic carbocycles. The smallest absolute Gasteiger partial charge is 0.329 e. The lowest BCUT2D eigenvalue weighted by molar-refractivity contribution is -0.160. The molecule has 1 fully saturated rings. The average Bonchev–Trinajstić information content (AvgIpc) is 2.86. The Kier molecular flexibility index (Phi) is 10.2. The first-order chi connectivity index (χ1) is 19.0. The first-order valence-corrected chi connectivity index (χ1v) is 17.6. The van der Waals surface area contributed by atoms with Crippen molar-refractivity contribution < 1.29 is 18.7 Å². The molecule has 0 saturated heterocycles. The van der Waals surface area contributed by atoms with Crippen LogP contribution in [0.4, 0.5) is 0 Å². The van der Waals surface area contributed by atoms with E-state index in [1.54, 1.807) is 24.4 Å². The highest BCUT2D eigenvalue weighted by atomic mass is 35.5. The third-order valence-corrected chi connectivity index (χ3v) is 13.1. The maximum Gasteiger partial charge on any atom is 0.329 e. The number of halogens is 1. The van der Waals surface area contributed by atoms with Crippen molar-refractivity contribution in [1.29, 1.82) is 5.26 Å². The summed E-state index contributed by atoms with van der Waals surface area (Å²) in [6.07, 6.45) is 5.95. The standard InChI is InChI=1S/C32H45ClN2O5Si/c1-31(2,3)39-30(37)27(16-21-10-14-24(15-11-21)40-41(8,9)32(4,5)6)35-20-28(38-7)26(18-29(35)36)25-17-23(33)13-12-22(25)19-34/h12-13,17-18,20-21,24,27H,10-11,14-16H2,1-9H3. The molecule has 1 aliphatic carbocycles. The predicted octanol–water partition coefficient (Wildman–Crippen LogP) is 7.90. The third-order valence-electron chi connectivity index (χ3n) is 8.29. The van der Waals surface area contributed by atoms with Gasteiger partial charge >= 0.3 is 5.97 Å². The van der Waals surface area contributed by atoms with Crippen LogP contribution in [-0.4, -0.2) is 37.7 Å². The SMILES string of the molecule is COc1cn(C(CC2CCC(O[Si](C)(C)C(C)(C)C)CC2)C(=O)OC(C)(C)C)c(=O)cc1-c1cc(Cl)ccc1C#N. The van der Waals surface area contributed by atoms with Crippen molar-refractivity contribution in [2.24, 2.45) is 5.92 Å². The van der Waals surface area contributed by atoms with Gasteiger partial charge in [0.25, 0.3) is 5.56 Å². The Morgan fingerprint density at radius 1 is 1.10 bits per heavy atom. The van der Waals surface area contributed by atoms with E-state index in [1.807, 2.05) is 20.8 Å². The molecule has 1 unspecified atom stereocenters. The molecule has 1 atom stereocenters. The van der Waals surface area contributed by atoms with Gasteiger partial charge < -0.3 is 13.9 Å². The number of nitriles is 1. The van der Waals surface area contributed by atoms with Crippen molar-refractivity contribution in [1.82, 2.24) is 4.57 Å². The summed E-state index contributed by atoms with van der Waals surface area (Å²) in [5.74, 6) is 0.153. The van der Waals surface area contributed by atoms with Crippen LogP contribution in [-0.2, 0) is 14.0 Å². The topological polar surface area (TPSA) is 90.5 Å². The van der Waals surface area contributed by atoms with E-state index >= 15 is 0 Å². The van der Waals surface area contributed by atoms with Gasteiger partial charge in [0.2, 0.25) is 0 Å². The molecule has 1 aromatic heterocycles. The predicted molar refractivity (Wildman–Crippen MR) is 166 cm³/mol. The van der Waals surface area contributed by atoms with E-state index in [9.17, 15) is 14.9 Å². The Morgan fingerprint density at radius 2 is 1.73 bits per heavy atom. The van der Waals surface area contributed by atoms with Gasteiger partial charge in [0.05, 0.1) is 24.9 Å². The summed E-state index contributed by atoms with van der Waals surface area (Å²) in [6.45, 7) is 16.8. The highest BCUT2D eigenvalue weighted by Gasteiger charge is 2.40. The first-order valence-electron chi connectivity index (χ1n) is 14.4. The summed E-state index contributed by atoms with van der Waals surface area (Å²) in [5.41, 5.74) is 0.217. The van der Waals surface area contributed by atoms with Crippen LogP contribution in [0.5, 0.6) is 5.75 Å². The van der Waals surface area contributed by atoms with E-state index in [4.69, 9.17) is 25.5 Å². The van der Waals surface area contributed by atoms with E-state index in [0.29, 0.717) is 33.9 Å². The zero-order valence-electron chi connectivity index (χ0n) is 26.0. The monoisotopic (exact) mass is 600 g/mol. The van der Waals surface area contributed by atoms with Crippen LogP contribution in [0.1, 0.15) is 85.3 Å². The fourth-order valence-corrected chi connectivity index (χ4v) is 6.66. The lowest BCUT2D eigenvalue weighted by atomic mass is 9.83. The summed E-state index contributed by atoms with van der Waals surface area (Å²) >= 11 is 6.22. The molecule has 41 heavy (non-hydrogen) atoms. The Balaban J connectivity index is 1.93. The molecule has 224 valence electrons. The number of aromatic nitrogens is 1. The number of nitrogens with zero attached hydrogens (tertiary/aromatic N) is 2. The van der Waals surface area contributed by atoms with E-state index < -0.39 is 25.9 Å². The normalized spacial score (nSPS) is 18.9. The van der Waals surface area contributed by atoms with Gasteiger partial charge in [0.1, 0.15) is 17.4 Å². The van der Waals surface area contributed by atoms with Gasteiger partial charge in [-0.25, -0.2) is 4.79 Å². The third kappa shape index (κ3) is 8.24. The molecule has 0 radical (unpaired) electrons. The maximum atomic E-state index is 13.6. The number of rotatable bonds is 8. The number of hydrogen-bond acceptors (Lipinski definition) is 6. The number of hydrogen-bond donors (Lipinski definition) is 0. The highest BCUT2D eigenvalue weighted by molar-refractivity contribution is 6.74. The minimum absolute atomic E-state index is 0.150. The highest BCUT2D eigenvalue weighted by Crippen LogP contribution is 2.41. The van der Waals surface area contributed by atoms with Gasteiger partial charge in [-0.3, -0.25) is 9.36 Å². The van der Waals surface area contributed by atoms with Crippen molar-refractivity contribution in [3.8, 4) is 22.9 Å². The van der Waals surface area contributed by atoms with Gasteiger partial charge in [-0.2, -0.15) is 5.26 Å². The number of carbonyl (C=O) groups is 1. The van der Waals surface area contributed by atoms with E-state index in [1.165, 1.54) is 17.7 Å². The fraction of sp³-hybridized carbons (Fsp3) is 0.594. The molecule has 9 heteroatoms. The second-order valence-electron chi connectivity index (χ2n) is 13.6. The molecule has 1 saturated carbocycles. The molecule has 0 aliphatic heterocycles. The van der Waals surface area contributed by atoms with Crippen molar-refractivity contribution in [2.75, 3.05) is 7.11 Å². The largest absolute Gasteiger partial charge is 0.495 e. The van der Waals surface area contributed by atoms with Crippen molar-refractivity contribution >= 4 is 25.9 Å². The molecule has 1 heterocycles.